The monoisotopic (exact) mass is 248 g/mol. The molecular formula is C15H24N2O. The van der Waals surface area contributed by atoms with Gasteiger partial charge in [-0.3, -0.25) is 0 Å². The van der Waals surface area contributed by atoms with E-state index in [4.69, 9.17) is 4.74 Å². The van der Waals surface area contributed by atoms with E-state index in [1.54, 1.807) is 0 Å². The van der Waals surface area contributed by atoms with E-state index in [2.05, 4.69) is 49.6 Å². The third-order valence-corrected chi connectivity index (χ3v) is 3.26. The van der Waals surface area contributed by atoms with Gasteiger partial charge in [0.1, 0.15) is 12.4 Å². The summed E-state index contributed by atoms with van der Waals surface area (Å²) in [4.78, 5) is 0. The molecule has 0 saturated carbocycles. The molecule has 0 bridgehead atoms. The summed E-state index contributed by atoms with van der Waals surface area (Å²) in [7, 11) is 0. The van der Waals surface area contributed by atoms with Crippen LogP contribution in [0, 0.1) is 0 Å². The van der Waals surface area contributed by atoms with Crippen molar-refractivity contribution in [3.8, 4) is 5.75 Å². The van der Waals surface area contributed by atoms with Crippen LogP contribution in [0.5, 0.6) is 5.75 Å². The number of hydrogen-bond acceptors (Lipinski definition) is 3. The standard InChI is InChI=1S/C15H24N2O/c1-4-13(17-11(2)3)9-12-5-6-15-14(10-12)16-7-8-18-15/h5-6,10-11,13,16-17H,4,7-9H2,1-3H3. The van der Waals surface area contributed by atoms with Gasteiger partial charge in [-0.25, -0.2) is 0 Å². The number of rotatable bonds is 5. The molecule has 0 amide bonds. The minimum atomic E-state index is 0.536. The van der Waals surface area contributed by atoms with Gasteiger partial charge < -0.3 is 15.4 Å². The van der Waals surface area contributed by atoms with E-state index in [-0.39, 0.29) is 0 Å². The highest BCUT2D eigenvalue weighted by atomic mass is 16.5. The Bertz CT molecular complexity index is 390. The van der Waals surface area contributed by atoms with Gasteiger partial charge in [-0.2, -0.15) is 0 Å². The third-order valence-electron chi connectivity index (χ3n) is 3.26. The summed E-state index contributed by atoms with van der Waals surface area (Å²) in [6, 6.07) is 7.57. The van der Waals surface area contributed by atoms with Crippen LogP contribution in [-0.4, -0.2) is 25.2 Å². The van der Waals surface area contributed by atoms with Crippen LogP contribution in [0.15, 0.2) is 18.2 Å². The Kier molecular flexibility index (Phi) is 4.48. The van der Waals surface area contributed by atoms with Crippen LogP contribution in [-0.2, 0) is 6.42 Å². The second-order valence-electron chi connectivity index (χ2n) is 5.24. The Hall–Kier alpha value is -1.22. The molecule has 0 saturated heterocycles. The molecule has 2 N–H and O–H groups in total. The number of fused-ring (bicyclic) bond motifs is 1. The Labute approximate surface area is 110 Å². The lowest BCUT2D eigenvalue weighted by Gasteiger charge is -2.22. The fraction of sp³-hybridized carbons (Fsp3) is 0.600. The molecule has 3 nitrogen and oxygen atoms in total. The van der Waals surface area contributed by atoms with Crippen LogP contribution in [0.2, 0.25) is 0 Å². The zero-order valence-corrected chi connectivity index (χ0v) is 11.6. The Morgan fingerprint density at radius 1 is 1.39 bits per heavy atom. The molecule has 0 aliphatic carbocycles. The molecule has 1 aromatic rings. The zero-order valence-electron chi connectivity index (χ0n) is 11.6. The summed E-state index contributed by atoms with van der Waals surface area (Å²) in [5.41, 5.74) is 2.50. The van der Waals surface area contributed by atoms with Crippen molar-refractivity contribution in [3.63, 3.8) is 0 Å². The predicted molar refractivity (Wildman–Crippen MR) is 76.5 cm³/mol. The van der Waals surface area contributed by atoms with Gasteiger partial charge in [-0.15, -0.1) is 0 Å². The Morgan fingerprint density at radius 2 is 2.22 bits per heavy atom. The van der Waals surface area contributed by atoms with Crippen LogP contribution < -0.4 is 15.4 Å². The van der Waals surface area contributed by atoms with Gasteiger partial charge in [0.05, 0.1) is 5.69 Å². The Balaban J connectivity index is 2.04. The first-order valence-electron chi connectivity index (χ1n) is 6.94. The quantitative estimate of drug-likeness (QED) is 0.840. The SMILES string of the molecule is CCC(Cc1ccc2c(c1)NCCO2)NC(C)C. The van der Waals surface area contributed by atoms with Gasteiger partial charge in [-0.05, 0) is 30.5 Å². The zero-order chi connectivity index (χ0) is 13.0. The number of nitrogens with one attached hydrogen (secondary N) is 2. The minimum absolute atomic E-state index is 0.536. The van der Waals surface area contributed by atoms with E-state index in [1.165, 1.54) is 5.56 Å². The smallest absolute Gasteiger partial charge is 0.142 e. The van der Waals surface area contributed by atoms with Gasteiger partial charge >= 0.3 is 0 Å². The molecule has 0 aromatic heterocycles. The lowest BCUT2D eigenvalue weighted by Crippen LogP contribution is -2.35. The second-order valence-corrected chi connectivity index (χ2v) is 5.24. The molecule has 1 unspecified atom stereocenters. The molecule has 2 rings (SSSR count). The molecule has 1 aliphatic heterocycles. The number of ether oxygens (including phenoxy) is 1. The van der Waals surface area contributed by atoms with E-state index in [0.717, 1.165) is 37.4 Å². The van der Waals surface area contributed by atoms with Crippen LogP contribution in [0.4, 0.5) is 5.69 Å². The van der Waals surface area contributed by atoms with Crippen molar-refractivity contribution in [1.82, 2.24) is 5.32 Å². The van der Waals surface area contributed by atoms with E-state index in [0.29, 0.717) is 12.1 Å². The van der Waals surface area contributed by atoms with Crippen molar-refractivity contribution in [2.24, 2.45) is 0 Å². The van der Waals surface area contributed by atoms with Crippen LogP contribution in [0.3, 0.4) is 0 Å². The summed E-state index contributed by atoms with van der Waals surface area (Å²) in [6.07, 6.45) is 2.23. The van der Waals surface area contributed by atoms with Crippen molar-refractivity contribution in [2.75, 3.05) is 18.5 Å². The predicted octanol–water partition coefficient (Wildman–Crippen LogP) is 2.81. The van der Waals surface area contributed by atoms with Crippen molar-refractivity contribution in [2.45, 2.75) is 45.7 Å². The molecule has 1 heterocycles. The number of anilines is 1. The molecule has 100 valence electrons. The molecule has 0 spiro atoms. The van der Waals surface area contributed by atoms with Gasteiger partial charge in [0.25, 0.3) is 0 Å². The highest BCUT2D eigenvalue weighted by Crippen LogP contribution is 2.28. The van der Waals surface area contributed by atoms with Gasteiger partial charge in [0.2, 0.25) is 0 Å². The van der Waals surface area contributed by atoms with Crippen molar-refractivity contribution < 1.29 is 4.74 Å². The fourth-order valence-electron chi connectivity index (χ4n) is 2.39. The van der Waals surface area contributed by atoms with Crippen LogP contribution in [0.1, 0.15) is 32.8 Å². The highest BCUT2D eigenvalue weighted by Gasteiger charge is 2.12. The van der Waals surface area contributed by atoms with Gasteiger partial charge in [-0.1, -0.05) is 26.8 Å². The molecule has 0 radical (unpaired) electrons. The lowest BCUT2D eigenvalue weighted by atomic mass is 10.0. The topological polar surface area (TPSA) is 33.3 Å². The fourth-order valence-corrected chi connectivity index (χ4v) is 2.39. The molecule has 3 heteroatoms. The first-order chi connectivity index (χ1) is 8.69. The Morgan fingerprint density at radius 3 is 2.94 bits per heavy atom. The van der Waals surface area contributed by atoms with E-state index in [1.807, 2.05) is 0 Å². The van der Waals surface area contributed by atoms with E-state index < -0.39 is 0 Å². The van der Waals surface area contributed by atoms with Crippen molar-refractivity contribution in [1.29, 1.82) is 0 Å². The maximum absolute atomic E-state index is 5.60. The maximum Gasteiger partial charge on any atom is 0.142 e. The summed E-state index contributed by atoms with van der Waals surface area (Å²) in [5.74, 6) is 0.981. The molecule has 18 heavy (non-hydrogen) atoms. The summed E-state index contributed by atoms with van der Waals surface area (Å²) < 4.78 is 5.60. The summed E-state index contributed by atoms with van der Waals surface area (Å²) in [5, 5.41) is 7.00. The first-order valence-corrected chi connectivity index (χ1v) is 6.94. The highest BCUT2D eigenvalue weighted by molar-refractivity contribution is 5.59. The second kappa shape index (κ2) is 6.10. The first kappa shape index (κ1) is 13.2. The van der Waals surface area contributed by atoms with Crippen LogP contribution >= 0.6 is 0 Å². The van der Waals surface area contributed by atoms with Crippen molar-refractivity contribution in [3.05, 3.63) is 23.8 Å². The summed E-state index contributed by atoms with van der Waals surface area (Å²) in [6.45, 7) is 8.30. The van der Waals surface area contributed by atoms with Gasteiger partial charge in [0.15, 0.2) is 0 Å². The van der Waals surface area contributed by atoms with Gasteiger partial charge in [0, 0.05) is 18.6 Å². The molecule has 1 atom stereocenters. The molecule has 1 aliphatic rings. The molecular weight excluding hydrogens is 224 g/mol. The summed E-state index contributed by atoms with van der Waals surface area (Å²) >= 11 is 0. The van der Waals surface area contributed by atoms with Crippen molar-refractivity contribution >= 4 is 5.69 Å². The van der Waals surface area contributed by atoms with E-state index in [9.17, 15) is 0 Å². The normalized spacial score (nSPS) is 15.8. The lowest BCUT2D eigenvalue weighted by molar-refractivity contribution is 0.323. The molecule has 0 fully saturated rings. The average Bonchev–Trinajstić information content (AvgIpc) is 2.37. The number of benzene rings is 1. The third kappa shape index (κ3) is 3.39. The average molecular weight is 248 g/mol. The maximum atomic E-state index is 5.60. The largest absolute Gasteiger partial charge is 0.490 e. The number of hydrogen-bond donors (Lipinski definition) is 2. The van der Waals surface area contributed by atoms with Crippen LogP contribution in [0.25, 0.3) is 0 Å². The molecule has 1 aromatic carbocycles. The van der Waals surface area contributed by atoms with E-state index >= 15 is 0 Å². The minimum Gasteiger partial charge on any atom is -0.490 e.